The molecule has 19 heavy (non-hydrogen) atoms. The lowest BCUT2D eigenvalue weighted by Crippen LogP contribution is -2.52. The van der Waals surface area contributed by atoms with Gasteiger partial charge in [0.1, 0.15) is 6.04 Å². The van der Waals surface area contributed by atoms with Crippen molar-refractivity contribution in [1.29, 1.82) is 0 Å². The monoisotopic (exact) mass is 272 g/mol. The minimum Gasteiger partial charge on any atom is -0.465 e. The highest BCUT2D eigenvalue weighted by molar-refractivity contribution is 5.85. The molecule has 0 radical (unpaired) electrons. The molecular formula is C12H20N2O5. The van der Waals surface area contributed by atoms with Crippen LogP contribution in [0.2, 0.25) is 0 Å². The lowest BCUT2D eigenvalue weighted by molar-refractivity contribution is -0.135. The number of ether oxygens (including phenoxy) is 1. The van der Waals surface area contributed by atoms with Crippen molar-refractivity contribution in [2.24, 2.45) is 5.92 Å². The van der Waals surface area contributed by atoms with Gasteiger partial charge in [0.25, 0.3) is 0 Å². The first-order valence-electron chi connectivity index (χ1n) is 6.62. The lowest BCUT2D eigenvalue weighted by atomic mass is 9.91. The molecule has 0 spiro atoms. The summed E-state index contributed by atoms with van der Waals surface area (Å²) in [5.41, 5.74) is 0. The number of aliphatic hydroxyl groups excluding tert-OH is 1. The highest BCUT2D eigenvalue weighted by Gasteiger charge is 2.36. The molecule has 2 amide bonds. The summed E-state index contributed by atoms with van der Waals surface area (Å²) in [5.74, 6) is -0.263. The number of hydrogen-bond acceptors (Lipinski definition) is 4. The third-order valence-corrected chi connectivity index (χ3v) is 3.76. The summed E-state index contributed by atoms with van der Waals surface area (Å²) in [7, 11) is 0. The number of aliphatic hydroxyl groups is 1. The fourth-order valence-corrected chi connectivity index (χ4v) is 2.70. The maximum Gasteiger partial charge on any atom is 0.405 e. The van der Waals surface area contributed by atoms with Crippen molar-refractivity contribution in [2.45, 2.75) is 31.4 Å². The largest absolute Gasteiger partial charge is 0.465 e. The quantitative estimate of drug-likeness (QED) is 0.652. The van der Waals surface area contributed by atoms with Crippen LogP contribution in [0.1, 0.15) is 19.3 Å². The van der Waals surface area contributed by atoms with Gasteiger partial charge in [-0.05, 0) is 25.2 Å². The Morgan fingerprint density at radius 3 is 2.47 bits per heavy atom. The van der Waals surface area contributed by atoms with Gasteiger partial charge in [0.05, 0.1) is 6.10 Å². The van der Waals surface area contributed by atoms with Gasteiger partial charge >= 0.3 is 6.09 Å². The molecule has 2 atom stereocenters. The number of carbonyl (C=O) groups is 2. The van der Waals surface area contributed by atoms with Crippen LogP contribution in [-0.4, -0.2) is 65.6 Å². The Balaban J connectivity index is 2.03. The predicted octanol–water partition coefficient (Wildman–Crippen LogP) is -0.358. The fraction of sp³-hybridized carbons (Fsp3) is 0.833. The predicted molar refractivity (Wildman–Crippen MR) is 65.7 cm³/mol. The number of nitrogens with zero attached hydrogens (tertiary/aromatic N) is 1. The molecular weight excluding hydrogens is 252 g/mol. The normalized spacial score (nSPS) is 26.2. The Morgan fingerprint density at radius 1 is 1.26 bits per heavy atom. The van der Waals surface area contributed by atoms with Crippen molar-refractivity contribution in [3.8, 4) is 0 Å². The van der Waals surface area contributed by atoms with E-state index in [1.54, 1.807) is 4.90 Å². The standard InChI is InChI=1S/C12H20N2O5/c15-9-1-4-14(7-9)11(16)10(13-12(17)18)8-2-5-19-6-3-8/h8-10,13,15H,1-7H2,(H,17,18). The van der Waals surface area contributed by atoms with Gasteiger partial charge in [-0.3, -0.25) is 4.79 Å². The molecule has 2 aliphatic heterocycles. The van der Waals surface area contributed by atoms with E-state index >= 15 is 0 Å². The van der Waals surface area contributed by atoms with E-state index in [2.05, 4.69) is 5.32 Å². The first kappa shape index (κ1) is 14.1. The molecule has 3 N–H and O–H groups in total. The molecule has 0 aromatic rings. The maximum atomic E-state index is 12.4. The van der Waals surface area contributed by atoms with Gasteiger partial charge in [0.15, 0.2) is 0 Å². The van der Waals surface area contributed by atoms with Crippen LogP contribution in [-0.2, 0) is 9.53 Å². The lowest BCUT2D eigenvalue weighted by Gasteiger charge is -2.31. The number of nitrogens with one attached hydrogen (secondary N) is 1. The summed E-state index contributed by atoms with van der Waals surface area (Å²) >= 11 is 0. The SMILES string of the molecule is O=C(O)NC(C(=O)N1CCC(O)C1)C1CCOCC1. The topological polar surface area (TPSA) is 99.1 Å². The Labute approximate surface area is 111 Å². The van der Waals surface area contributed by atoms with E-state index in [0.29, 0.717) is 45.6 Å². The zero-order valence-corrected chi connectivity index (χ0v) is 10.7. The van der Waals surface area contributed by atoms with Crippen molar-refractivity contribution in [3.63, 3.8) is 0 Å². The van der Waals surface area contributed by atoms with Crippen LogP contribution in [0.25, 0.3) is 0 Å². The van der Waals surface area contributed by atoms with Crippen LogP contribution in [0.5, 0.6) is 0 Å². The number of carbonyl (C=O) groups excluding carboxylic acids is 1. The van der Waals surface area contributed by atoms with Gasteiger partial charge in [0, 0.05) is 26.3 Å². The average Bonchev–Trinajstić information content (AvgIpc) is 2.83. The summed E-state index contributed by atoms with van der Waals surface area (Å²) < 4.78 is 5.24. The van der Waals surface area contributed by atoms with E-state index in [-0.39, 0.29) is 11.8 Å². The molecule has 2 fully saturated rings. The zero-order chi connectivity index (χ0) is 13.8. The summed E-state index contributed by atoms with van der Waals surface area (Å²) in [6.07, 6.45) is 0.216. The summed E-state index contributed by atoms with van der Waals surface area (Å²) in [6, 6.07) is -0.730. The average molecular weight is 272 g/mol. The van der Waals surface area contributed by atoms with Crippen LogP contribution in [0.3, 0.4) is 0 Å². The molecule has 108 valence electrons. The number of carboxylic acid groups (broad SMARTS) is 1. The molecule has 2 rings (SSSR count). The first-order chi connectivity index (χ1) is 9.08. The highest BCUT2D eigenvalue weighted by Crippen LogP contribution is 2.22. The Bertz CT molecular complexity index is 343. The molecule has 0 aromatic heterocycles. The molecule has 0 aliphatic carbocycles. The van der Waals surface area contributed by atoms with Gasteiger partial charge in [-0.2, -0.15) is 0 Å². The van der Waals surface area contributed by atoms with Gasteiger partial charge in [-0.25, -0.2) is 4.79 Å². The van der Waals surface area contributed by atoms with Crippen molar-refractivity contribution in [2.75, 3.05) is 26.3 Å². The highest BCUT2D eigenvalue weighted by atomic mass is 16.5. The number of rotatable bonds is 3. The number of likely N-dealkylation sites (tertiary alicyclic amines) is 1. The number of hydrogen-bond donors (Lipinski definition) is 3. The van der Waals surface area contributed by atoms with E-state index < -0.39 is 18.2 Å². The van der Waals surface area contributed by atoms with Crippen molar-refractivity contribution < 1.29 is 24.5 Å². The van der Waals surface area contributed by atoms with Gasteiger partial charge in [0.2, 0.25) is 5.91 Å². The van der Waals surface area contributed by atoms with Crippen molar-refractivity contribution in [3.05, 3.63) is 0 Å². The molecule has 0 bridgehead atoms. The van der Waals surface area contributed by atoms with E-state index in [1.165, 1.54) is 0 Å². The molecule has 2 unspecified atom stereocenters. The van der Waals surface area contributed by atoms with E-state index in [0.717, 1.165) is 0 Å². The third-order valence-electron chi connectivity index (χ3n) is 3.76. The minimum atomic E-state index is -1.19. The fourth-order valence-electron chi connectivity index (χ4n) is 2.70. The minimum absolute atomic E-state index is 0.0323. The Hall–Kier alpha value is -1.34. The van der Waals surface area contributed by atoms with Crippen LogP contribution < -0.4 is 5.32 Å². The van der Waals surface area contributed by atoms with E-state index in [9.17, 15) is 14.7 Å². The molecule has 2 saturated heterocycles. The van der Waals surface area contributed by atoms with Gasteiger partial charge in [-0.15, -0.1) is 0 Å². The van der Waals surface area contributed by atoms with Crippen LogP contribution in [0, 0.1) is 5.92 Å². The van der Waals surface area contributed by atoms with Gasteiger partial charge in [-0.1, -0.05) is 0 Å². The summed E-state index contributed by atoms with van der Waals surface area (Å²) in [5, 5.41) is 20.7. The smallest absolute Gasteiger partial charge is 0.405 e. The van der Waals surface area contributed by atoms with Crippen LogP contribution >= 0.6 is 0 Å². The third kappa shape index (κ3) is 3.57. The molecule has 0 aromatic carbocycles. The van der Waals surface area contributed by atoms with Gasteiger partial charge < -0.3 is 25.2 Å². The summed E-state index contributed by atoms with van der Waals surface area (Å²) in [6.45, 7) is 1.89. The van der Waals surface area contributed by atoms with E-state index in [1.807, 2.05) is 0 Å². The molecule has 7 nitrogen and oxygen atoms in total. The Morgan fingerprint density at radius 2 is 1.95 bits per heavy atom. The molecule has 0 saturated carbocycles. The van der Waals surface area contributed by atoms with E-state index in [4.69, 9.17) is 9.84 Å². The van der Waals surface area contributed by atoms with Crippen LogP contribution in [0.15, 0.2) is 0 Å². The van der Waals surface area contributed by atoms with Crippen molar-refractivity contribution in [1.82, 2.24) is 10.2 Å². The molecule has 2 aliphatic rings. The first-order valence-corrected chi connectivity index (χ1v) is 6.62. The zero-order valence-electron chi connectivity index (χ0n) is 10.7. The Kier molecular flexibility index (Phi) is 4.60. The molecule has 7 heteroatoms. The second kappa shape index (κ2) is 6.21. The second-order valence-electron chi connectivity index (χ2n) is 5.10. The van der Waals surface area contributed by atoms with Crippen LogP contribution in [0.4, 0.5) is 4.79 Å². The van der Waals surface area contributed by atoms with Crippen molar-refractivity contribution >= 4 is 12.0 Å². The number of β-amino-alcohol motifs (C(OH)–C–C–N with tert-alkyl or cyclic N) is 1. The maximum absolute atomic E-state index is 12.4. The second-order valence-corrected chi connectivity index (χ2v) is 5.10. The summed E-state index contributed by atoms with van der Waals surface area (Å²) in [4.78, 5) is 24.8. The molecule has 2 heterocycles. The number of amides is 2.